The lowest BCUT2D eigenvalue weighted by Crippen LogP contribution is -2.32. The van der Waals surface area contributed by atoms with Crippen LogP contribution in [0.4, 0.5) is 4.79 Å². The van der Waals surface area contributed by atoms with Crippen molar-refractivity contribution < 1.29 is 28.6 Å². The van der Waals surface area contributed by atoms with Crippen LogP contribution in [0.5, 0.6) is 5.75 Å². The molecule has 6 heteroatoms. The third-order valence-electron chi connectivity index (χ3n) is 2.92. The minimum atomic E-state index is -1.05. The highest BCUT2D eigenvalue weighted by Crippen LogP contribution is 2.20. The fourth-order valence-electron chi connectivity index (χ4n) is 1.60. The van der Waals surface area contributed by atoms with Crippen LogP contribution in [0.15, 0.2) is 24.3 Å². The molecule has 0 heterocycles. The minimum absolute atomic E-state index is 0.0997. The van der Waals surface area contributed by atoms with Gasteiger partial charge in [0.05, 0.1) is 11.5 Å². The van der Waals surface area contributed by atoms with Crippen molar-refractivity contribution in [3.63, 3.8) is 0 Å². The zero-order chi connectivity index (χ0) is 17.6. The summed E-state index contributed by atoms with van der Waals surface area (Å²) in [4.78, 5) is 35.0. The van der Waals surface area contributed by atoms with Crippen LogP contribution in [-0.4, -0.2) is 24.2 Å². The predicted molar refractivity (Wildman–Crippen MR) is 83.1 cm³/mol. The first kappa shape index (κ1) is 18.7. The van der Waals surface area contributed by atoms with Crippen LogP contribution in [0.1, 0.15) is 45.0 Å². The van der Waals surface area contributed by atoms with E-state index in [9.17, 15) is 14.4 Å². The van der Waals surface area contributed by atoms with E-state index in [1.54, 1.807) is 45.9 Å². The summed E-state index contributed by atoms with van der Waals surface area (Å²) in [5.41, 5.74) is 0.268. The van der Waals surface area contributed by atoms with E-state index in [0.29, 0.717) is 0 Å². The second-order valence-corrected chi connectivity index (χ2v) is 5.73. The lowest BCUT2D eigenvalue weighted by atomic mass is 10.1. The highest BCUT2D eigenvalue weighted by atomic mass is 16.8. The first-order chi connectivity index (χ1) is 10.7. The van der Waals surface area contributed by atoms with Gasteiger partial charge in [0.15, 0.2) is 5.78 Å². The topological polar surface area (TPSA) is 78.9 Å². The molecule has 0 unspecified atom stereocenters. The summed E-state index contributed by atoms with van der Waals surface area (Å²) >= 11 is 0. The van der Waals surface area contributed by atoms with Crippen LogP contribution in [0, 0.1) is 11.8 Å². The third kappa shape index (κ3) is 5.73. The van der Waals surface area contributed by atoms with Crippen LogP contribution in [0.2, 0.25) is 0 Å². The van der Waals surface area contributed by atoms with Gasteiger partial charge in [-0.05, 0) is 19.1 Å². The molecule has 6 nitrogen and oxygen atoms in total. The van der Waals surface area contributed by atoms with Gasteiger partial charge in [0.2, 0.25) is 0 Å². The Labute approximate surface area is 135 Å². The van der Waals surface area contributed by atoms with Crippen molar-refractivity contribution in [2.24, 2.45) is 11.8 Å². The Kier molecular flexibility index (Phi) is 6.75. The number of esters is 1. The zero-order valence-corrected chi connectivity index (χ0v) is 14.0. The molecule has 1 aromatic rings. The summed E-state index contributed by atoms with van der Waals surface area (Å²) in [5.74, 6) is -1.19. The van der Waals surface area contributed by atoms with Crippen molar-refractivity contribution in [3.8, 4) is 5.75 Å². The van der Waals surface area contributed by atoms with Crippen molar-refractivity contribution in [3.05, 3.63) is 29.8 Å². The molecule has 0 saturated carbocycles. The van der Waals surface area contributed by atoms with Gasteiger partial charge in [-0.3, -0.25) is 9.59 Å². The van der Waals surface area contributed by atoms with Crippen molar-refractivity contribution in [2.45, 2.75) is 40.9 Å². The lowest BCUT2D eigenvalue weighted by Gasteiger charge is -2.22. The lowest BCUT2D eigenvalue weighted by molar-refractivity contribution is -0.180. The number of ketones is 1. The molecule has 0 N–H and O–H groups in total. The Balaban J connectivity index is 2.77. The van der Waals surface area contributed by atoms with Gasteiger partial charge in [-0.25, -0.2) is 4.79 Å². The van der Waals surface area contributed by atoms with E-state index in [2.05, 4.69) is 0 Å². The monoisotopic (exact) mass is 322 g/mol. The minimum Gasteiger partial charge on any atom is -0.425 e. The highest BCUT2D eigenvalue weighted by molar-refractivity contribution is 5.97. The second kappa shape index (κ2) is 8.31. The number of hydrogen-bond donors (Lipinski definition) is 0. The number of ether oxygens (including phenoxy) is 3. The van der Waals surface area contributed by atoms with Crippen LogP contribution in [0.25, 0.3) is 0 Å². The third-order valence-corrected chi connectivity index (χ3v) is 2.92. The van der Waals surface area contributed by atoms with Crippen LogP contribution < -0.4 is 4.74 Å². The average Bonchev–Trinajstić information content (AvgIpc) is 2.46. The molecule has 0 spiro atoms. The average molecular weight is 322 g/mol. The van der Waals surface area contributed by atoms with Crippen molar-refractivity contribution in [1.82, 2.24) is 0 Å². The number of carbonyl (C=O) groups is 3. The van der Waals surface area contributed by atoms with Gasteiger partial charge in [0.25, 0.3) is 6.29 Å². The molecular weight excluding hydrogens is 300 g/mol. The first-order valence-corrected chi connectivity index (χ1v) is 7.41. The largest absolute Gasteiger partial charge is 0.516 e. The Morgan fingerprint density at radius 3 is 2.09 bits per heavy atom. The Morgan fingerprint density at radius 2 is 1.57 bits per heavy atom. The van der Waals surface area contributed by atoms with Gasteiger partial charge in [-0.2, -0.15) is 0 Å². The van der Waals surface area contributed by atoms with Crippen molar-refractivity contribution >= 4 is 17.9 Å². The number of rotatable bonds is 6. The highest BCUT2D eigenvalue weighted by Gasteiger charge is 2.25. The fourth-order valence-corrected chi connectivity index (χ4v) is 1.60. The van der Waals surface area contributed by atoms with Gasteiger partial charge in [0.1, 0.15) is 5.75 Å². The van der Waals surface area contributed by atoms with Gasteiger partial charge >= 0.3 is 12.1 Å². The maximum atomic E-state index is 11.9. The summed E-state index contributed by atoms with van der Waals surface area (Å²) in [6.07, 6.45) is -2.09. The molecule has 1 rings (SSSR count). The van der Waals surface area contributed by atoms with Crippen molar-refractivity contribution in [2.75, 3.05) is 0 Å². The maximum absolute atomic E-state index is 11.9. The molecule has 0 radical (unpaired) electrons. The summed E-state index contributed by atoms with van der Waals surface area (Å²) < 4.78 is 15.2. The van der Waals surface area contributed by atoms with Crippen LogP contribution >= 0.6 is 0 Å². The van der Waals surface area contributed by atoms with Crippen LogP contribution in [-0.2, 0) is 14.3 Å². The summed E-state index contributed by atoms with van der Waals surface area (Å²) in [5, 5.41) is 0. The Morgan fingerprint density at radius 1 is 0.957 bits per heavy atom. The second-order valence-electron chi connectivity index (χ2n) is 5.73. The van der Waals surface area contributed by atoms with Gasteiger partial charge < -0.3 is 14.2 Å². The van der Waals surface area contributed by atoms with E-state index in [0.717, 1.165) is 0 Å². The van der Waals surface area contributed by atoms with Crippen LogP contribution in [0.3, 0.4) is 0 Å². The number of para-hydroxylation sites is 1. The summed E-state index contributed by atoms with van der Waals surface area (Å²) in [6, 6.07) is 6.33. The summed E-state index contributed by atoms with van der Waals surface area (Å²) in [6.45, 7) is 8.22. The van der Waals surface area contributed by atoms with Gasteiger partial charge in [-0.1, -0.05) is 39.8 Å². The normalized spacial score (nSPS) is 12.0. The molecular formula is C17H22O6. The molecule has 0 fully saturated rings. The SMILES string of the molecule is CC(=O)c1ccccc1OC(=O)O[C@H](OC(=O)C(C)C)C(C)C. The molecule has 1 atom stereocenters. The number of benzene rings is 1. The molecule has 0 aliphatic heterocycles. The first-order valence-electron chi connectivity index (χ1n) is 7.41. The Bertz CT molecular complexity index is 576. The van der Waals surface area contributed by atoms with Gasteiger partial charge in [-0.15, -0.1) is 0 Å². The number of Topliss-reactive ketones (excluding diaryl/α,β-unsaturated/α-hetero) is 1. The van der Waals surface area contributed by atoms with Crippen molar-refractivity contribution in [1.29, 1.82) is 0 Å². The van der Waals surface area contributed by atoms with E-state index >= 15 is 0 Å². The fraction of sp³-hybridized carbons (Fsp3) is 0.471. The van der Waals surface area contributed by atoms with E-state index < -0.39 is 18.4 Å². The molecule has 0 bridgehead atoms. The molecule has 126 valence electrons. The molecule has 1 aromatic carbocycles. The number of carbonyl (C=O) groups excluding carboxylic acids is 3. The van der Waals surface area contributed by atoms with E-state index in [1.807, 2.05) is 0 Å². The molecule has 0 saturated heterocycles. The predicted octanol–water partition coefficient (Wildman–Crippen LogP) is 3.59. The maximum Gasteiger partial charge on any atom is 0.516 e. The molecule has 0 aliphatic carbocycles. The van der Waals surface area contributed by atoms with E-state index in [-0.39, 0.29) is 28.9 Å². The quantitative estimate of drug-likeness (QED) is 0.345. The molecule has 0 amide bonds. The molecule has 0 aliphatic rings. The van der Waals surface area contributed by atoms with E-state index in [1.165, 1.54) is 13.0 Å². The smallest absolute Gasteiger partial charge is 0.425 e. The standard InChI is InChI=1S/C17H22O6/c1-10(2)15(19)22-16(11(3)4)23-17(20)21-14-9-7-6-8-13(14)12(5)18/h6-11,16H,1-5H3/t16-/m0/s1. The summed E-state index contributed by atoms with van der Waals surface area (Å²) in [7, 11) is 0. The number of hydrogen-bond acceptors (Lipinski definition) is 6. The van der Waals surface area contributed by atoms with Gasteiger partial charge in [0, 0.05) is 5.92 Å². The Hall–Kier alpha value is -2.37. The molecule has 23 heavy (non-hydrogen) atoms. The zero-order valence-electron chi connectivity index (χ0n) is 14.0. The molecule has 0 aromatic heterocycles. The van der Waals surface area contributed by atoms with E-state index in [4.69, 9.17) is 14.2 Å².